The molecule has 1 saturated carbocycles. The minimum Gasteiger partial charge on any atom is -0.477 e. The normalized spacial score (nSPS) is 20.3. The van der Waals surface area contributed by atoms with E-state index >= 15 is 0 Å². The van der Waals surface area contributed by atoms with E-state index in [9.17, 15) is 9.90 Å². The Morgan fingerprint density at radius 1 is 1.31 bits per heavy atom. The van der Waals surface area contributed by atoms with E-state index in [-0.39, 0.29) is 24.4 Å². The number of pyridine rings is 1. The van der Waals surface area contributed by atoms with Crippen LogP contribution in [0.1, 0.15) is 47.0 Å². The summed E-state index contributed by atoms with van der Waals surface area (Å²) in [7, 11) is 0. The molecule has 1 fully saturated rings. The fraction of sp³-hybridized carbons (Fsp3) is 0.667. The average Bonchev–Trinajstić information content (AvgIpc) is 2.99. The minimum absolute atomic E-state index is 0.175. The first-order valence-electron chi connectivity index (χ1n) is 10.0. The van der Waals surface area contributed by atoms with Crippen molar-refractivity contribution in [1.82, 2.24) is 9.97 Å². The summed E-state index contributed by atoms with van der Waals surface area (Å²) >= 11 is 1.34. The van der Waals surface area contributed by atoms with Gasteiger partial charge in [-0.2, -0.15) is 0 Å². The van der Waals surface area contributed by atoms with E-state index < -0.39 is 5.60 Å². The van der Waals surface area contributed by atoms with Gasteiger partial charge in [0.2, 0.25) is 5.88 Å². The third kappa shape index (κ3) is 6.90. The molecule has 2 aromatic heterocycles. The van der Waals surface area contributed by atoms with Crippen molar-refractivity contribution in [3.05, 3.63) is 12.1 Å². The second-order valence-electron chi connectivity index (χ2n) is 8.67. The van der Waals surface area contributed by atoms with Crippen molar-refractivity contribution in [2.75, 3.05) is 19.8 Å². The van der Waals surface area contributed by atoms with E-state index in [1.165, 1.54) is 11.3 Å². The van der Waals surface area contributed by atoms with Crippen molar-refractivity contribution in [1.29, 1.82) is 0 Å². The van der Waals surface area contributed by atoms with Gasteiger partial charge in [-0.3, -0.25) is 0 Å². The SMILES string of the molecule is CC(=O)C[C@@H](C)COC1CC(COc2ccc3nc(OCC(C)(C)O)sc3n2)C1. The van der Waals surface area contributed by atoms with Gasteiger partial charge >= 0.3 is 0 Å². The van der Waals surface area contributed by atoms with E-state index in [2.05, 4.69) is 9.97 Å². The number of carbonyl (C=O) groups excluding carboxylic acids is 1. The lowest BCUT2D eigenvalue weighted by Crippen LogP contribution is -2.36. The maximum Gasteiger partial charge on any atom is 0.275 e. The van der Waals surface area contributed by atoms with Crippen LogP contribution in [0.2, 0.25) is 0 Å². The van der Waals surface area contributed by atoms with Crippen molar-refractivity contribution in [3.8, 4) is 11.1 Å². The second kappa shape index (κ2) is 9.36. The Hall–Kier alpha value is -1.77. The smallest absolute Gasteiger partial charge is 0.275 e. The third-order valence-electron chi connectivity index (χ3n) is 4.67. The van der Waals surface area contributed by atoms with Gasteiger partial charge in [0.25, 0.3) is 5.19 Å². The van der Waals surface area contributed by atoms with Gasteiger partial charge < -0.3 is 24.1 Å². The zero-order valence-electron chi connectivity index (χ0n) is 17.5. The molecular formula is C21H30N2O5S. The van der Waals surface area contributed by atoms with Crippen molar-refractivity contribution >= 4 is 27.5 Å². The lowest BCUT2D eigenvalue weighted by molar-refractivity contribution is -0.119. The molecule has 2 aromatic rings. The number of thiazole rings is 1. The van der Waals surface area contributed by atoms with Crippen LogP contribution in [0, 0.1) is 11.8 Å². The molecule has 3 rings (SSSR count). The number of Topliss-reactive ketones (excluding diaryl/α,β-unsaturated/α-hetero) is 1. The van der Waals surface area contributed by atoms with E-state index in [0.29, 0.717) is 36.6 Å². The summed E-state index contributed by atoms with van der Waals surface area (Å²) < 4.78 is 17.3. The van der Waals surface area contributed by atoms with Crippen LogP contribution >= 0.6 is 11.3 Å². The molecular weight excluding hydrogens is 392 g/mol. The zero-order valence-corrected chi connectivity index (χ0v) is 18.3. The standard InChI is InChI=1S/C21H30N2O5S/c1-13(7-14(2)24)10-26-16-8-15(9-16)11-27-18-6-5-17-19(23-18)29-20(22-17)28-12-21(3,4)25/h5-6,13,15-16,25H,7-12H2,1-4H3/t13-,15?,16?/m1/s1. The zero-order chi connectivity index (χ0) is 21.0. The minimum atomic E-state index is -0.907. The molecule has 0 aliphatic heterocycles. The van der Waals surface area contributed by atoms with Gasteiger partial charge in [0.15, 0.2) is 4.83 Å². The van der Waals surface area contributed by atoms with Crippen molar-refractivity contribution in [2.45, 2.75) is 58.7 Å². The first-order valence-corrected chi connectivity index (χ1v) is 10.9. The van der Waals surface area contributed by atoms with Crippen LogP contribution in [0.4, 0.5) is 0 Å². The molecule has 0 unspecified atom stereocenters. The Bertz CT molecular complexity index is 826. The third-order valence-corrected chi connectivity index (χ3v) is 5.55. The molecule has 1 atom stereocenters. The Morgan fingerprint density at radius 2 is 2.07 bits per heavy atom. The van der Waals surface area contributed by atoms with Crippen LogP contribution in [0.5, 0.6) is 11.1 Å². The summed E-state index contributed by atoms with van der Waals surface area (Å²) in [6.07, 6.45) is 2.80. The number of aliphatic hydroxyl groups is 1. The molecule has 29 heavy (non-hydrogen) atoms. The van der Waals surface area contributed by atoms with Crippen molar-refractivity contribution < 1.29 is 24.1 Å². The number of ether oxygens (including phenoxy) is 3. The van der Waals surface area contributed by atoms with Crippen LogP contribution in [0.15, 0.2) is 12.1 Å². The Morgan fingerprint density at radius 3 is 2.76 bits per heavy atom. The van der Waals surface area contributed by atoms with Crippen LogP contribution in [-0.2, 0) is 9.53 Å². The summed E-state index contributed by atoms with van der Waals surface area (Å²) in [6, 6.07) is 3.69. The molecule has 0 saturated heterocycles. The highest BCUT2D eigenvalue weighted by molar-refractivity contribution is 7.19. The maximum absolute atomic E-state index is 11.1. The number of aromatic nitrogens is 2. The van der Waals surface area contributed by atoms with E-state index in [1.54, 1.807) is 20.8 Å². The molecule has 1 aliphatic rings. The highest BCUT2D eigenvalue weighted by Crippen LogP contribution is 2.32. The summed E-state index contributed by atoms with van der Waals surface area (Å²) in [6.45, 7) is 8.47. The fourth-order valence-electron chi connectivity index (χ4n) is 3.16. The Balaban J connectivity index is 1.40. The molecule has 160 valence electrons. The topological polar surface area (TPSA) is 90.8 Å². The number of rotatable bonds is 11. The van der Waals surface area contributed by atoms with Gasteiger partial charge in [-0.15, -0.1) is 0 Å². The second-order valence-corrected chi connectivity index (χ2v) is 9.61. The van der Waals surface area contributed by atoms with Gasteiger partial charge in [0, 0.05) is 19.1 Å². The quantitative estimate of drug-likeness (QED) is 0.591. The highest BCUT2D eigenvalue weighted by atomic mass is 32.1. The summed E-state index contributed by atoms with van der Waals surface area (Å²) in [5.74, 6) is 1.53. The van der Waals surface area contributed by atoms with Crippen molar-refractivity contribution in [2.24, 2.45) is 11.8 Å². The monoisotopic (exact) mass is 422 g/mol. The van der Waals surface area contributed by atoms with E-state index in [0.717, 1.165) is 23.2 Å². The Labute approximate surface area is 175 Å². The number of hydrogen-bond acceptors (Lipinski definition) is 8. The largest absolute Gasteiger partial charge is 0.477 e. The van der Waals surface area contributed by atoms with Gasteiger partial charge in [0.05, 0.1) is 18.3 Å². The molecule has 0 spiro atoms. The first kappa shape index (κ1) is 21.9. The van der Waals surface area contributed by atoms with Crippen LogP contribution in [-0.4, -0.2) is 52.4 Å². The predicted octanol–water partition coefficient (Wildman–Crippen LogP) is 3.63. The van der Waals surface area contributed by atoms with Crippen LogP contribution < -0.4 is 9.47 Å². The number of nitrogens with zero attached hydrogens (tertiary/aromatic N) is 2. The molecule has 0 amide bonds. The maximum atomic E-state index is 11.1. The van der Waals surface area contributed by atoms with Crippen LogP contribution in [0.3, 0.4) is 0 Å². The Kier molecular flexibility index (Phi) is 7.08. The fourth-order valence-corrected chi connectivity index (χ4v) is 3.94. The van der Waals surface area contributed by atoms with Gasteiger partial charge in [-0.25, -0.2) is 9.97 Å². The summed E-state index contributed by atoms with van der Waals surface area (Å²) in [4.78, 5) is 20.7. The molecule has 8 heteroatoms. The van der Waals surface area contributed by atoms with Gasteiger partial charge in [-0.1, -0.05) is 18.3 Å². The number of carbonyl (C=O) groups is 1. The number of ketones is 1. The van der Waals surface area contributed by atoms with E-state index in [1.807, 2.05) is 19.1 Å². The number of hydrogen-bond donors (Lipinski definition) is 1. The highest BCUT2D eigenvalue weighted by Gasteiger charge is 2.31. The molecule has 1 aliphatic carbocycles. The van der Waals surface area contributed by atoms with Gasteiger partial charge in [0.1, 0.15) is 17.9 Å². The first-order chi connectivity index (χ1) is 13.7. The molecule has 1 N–H and O–H groups in total. The van der Waals surface area contributed by atoms with Crippen molar-refractivity contribution in [3.63, 3.8) is 0 Å². The average molecular weight is 423 g/mol. The molecule has 7 nitrogen and oxygen atoms in total. The molecule has 0 aromatic carbocycles. The summed E-state index contributed by atoms with van der Waals surface area (Å²) in [5, 5.41) is 10.2. The van der Waals surface area contributed by atoms with Gasteiger partial charge in [-0.05, 0) is 51.5 Å². The number of fused-ring (bicyclic) bond motifs is 1. The van der Waals surface area contributed by atoms with Crippen LogP contribution in [0.25, 0.3) is 10.3 Å². The van der Waals surface area contributed by atoms with E-state index in [4.69, 9.17) is 14.2 Å². The lowest BCUT2D eigenvalue weighted by atomic mass is 9.83. The molecule has 0 radical (unpaired) electrons. The lowest BCUT2D eigenvalue weighted by Gasteiger charge is -2.35. The molecule has 0 bridgehead atoms. The molecule has 2 heterocycles. The predicted molar refractivity (Wildman–Crippen MR) is 112 cm³/mol. The summed E-state index contributed by atoms with van der Waals surface area (Å²) in [5.41, 5.74) is -0.153.